The number of nitrogens with zero attached hydrogens (tertiary/aromatic N) is 3. The second kappa shape index (κ2) is 7.36. The van der Waals surface area contributed by atoms with Crippen molar-refractivity contribution in [1.29, 1.82) is 0 Å². The molecule has 3 aromatic rings. The minimum absolute atomic E-state index is 0.259. The second-order valence-corrected chi connectivity index (χ2v) is 5.16. The summed E-state index contributed by atoms with van der Waals surface area (Å²) >= 11 is 0. The largest absolute Gasteiger partial charge is 0.467 e. The normalized spacial score (nSPS) is 10.4. The monoisotopic (exact) mass is 323 g/mol. The fourth-order valence-electron chi connectivity index (χ4n) is 2.14. The number of furan rings is 1. The molecule has 1 amide bonds. The maximum atomic E-state index is 12.3. The van der Waals surface area contributed by atoms with Gasteiger partial charge in [-0.05, 0) is 30.7 Å². The van der Waals surface area contributed by atoms with Crippen LogP contribution < -0.4 is 10.6 Å². The van der Waals surface area contributed by atoms with Crippen molar-refractivity contribution in [3.05, 3.63) is 71.8 Å². The van der Waals surface area contributed by atoms with Gasteiger partial charge in [-0.25, -0.2) is 9.97 Å². The van der Waals surface area contributed by atoms with Gasteiger partial charge in [-0.15, -0.1) is 0 Å². The molecule has 7 nitrogen and oxygen atoms in total. The standard InChI is InChI=1S/C17H17N5O2/c1-12-21-15(17(23)20-10-13-4-2-6-18-9-13)8-16(22-12)19-11-14-5-3-7-24-14/h2-9H,10-11H2,1H3,(H,20,23)(H,19,21,22). The maximum Gasteiger partial charge on any atom is 0.270 e. The number of carbonyl (C=O) groups excluding carboxylic acids is 1. The van der Waals surface area contributed by atoms with E-state index in [-0.39, 0.29) is 5.91 Å². The van der Waals surface area contributed by atoms with Gasteiger partial charge in [0.1, 0.15) is 23.1 Å². The van der Waals surface area contributed by atoms with Crippen molar-refractivity contribution in [1.82, 2.24) is 20.3 Å². The summed E-state index contributed by atoms with van der Waals surface area (Å²) in [4.78, 5) is 24.8. The minimum Gasteiger partial charge on any atom is -0.467 e. The molecule has 0 aliphatic heterocycles. The molecule has 0 radical (unpaired) electrons. The van der Waals surface area contributed by atoms with Crippen molar-refractivity contribution < 1.29 is 9.21 Å². The van der Waals surface area contributed by atoms with Gasteiger partial charge in [0.25, 0.3) is 5.91 Å². The molecule has 2 N–H and O–H groups in total. The van der Waals surface area contributed by atoms with E-state index in [9.17, 15) is 4.79 Å². The summed E-state index contributed by atoms with van der Waals surface area (Å²) in [5.41, 5.74) is 1.24. The van der Waals surface area contributed by atoms with Crippen LogP contribution in [0.3, 0.4) is 0 Å². The zero-order chi connectivity index (χ0) is 16.8. The molecule has 0 saturated heterocycles. The lowest BCUT2D eigenvalue weighted by molar-refractivity contribution is 0.0945. The molecular formula is C17H17N5O2. The van der Waals surface area contributed by atoms with Crippen LogP contribution in [0, 0.1) is 6.92 Å². The van der Waals surface area contributed by atoms with E-state index < -0.39 is 0 Å². The Labute approximate surface area is 139 Å². The Morgan fingerprint density at radius 3 is 2.88 bits per heavy atom. The van der Waals surface area contributed by atoms with Crippen LogP contribution in [-0.4, -0.2) is 20.9 Å². The summed E-state index contributed by atoms with van der Waals surface area (Å²) in [5.74, 6) is 1.62. The molecule has 0 spiro atoms. The Morgan fingerprint density at radius 2 is 2.12 bits per heavy atom. The molecule has 7 heteroatoms. The molecule has 3 rings (SSSR count). The average Bonchev–Trinajstić information content (AvgIpc) is 3.12. The molecule has 0 aromatic carbocycles. The van der Waals surface area contributed by atoms with Crippen LogP contribution in [0.2, 0.25) is 0 Å². The first-order chi connectivity index (χ1) is 11.7. The van der Waals surface area contributed by atoms with E-state index in [2.05, 4.69) is 25.6 Å². The number of hydrogen-bond donors (Lipinski definition) is 2. The second-order valence-electron chi connectivity index (χ2n) is 5.16. The molecule has 3 heterocycles. The fraction of sp³-hybridized carbons (Fsp3) is 0.176. The molecule has 0 bridgehead atoms. The average molecular weight is 323 g/mol. The third-order valence-electron chi connectivity index (χ3n) is 3.27. The fourth-order valence-corrected chi connectivity index (χ4v) is 2.14. The molecule has 0 aliphatic rings. The Kier molecular flexibility index (Phi) is 4.81. The van der Waals surface area contributed by atoms with Crippen LogP contribution in [0.4, 0.5) is 5.82 Å². The topological polar surface area (TPSA) is 92.9 Å². The highest BCUT2D eigenvalue weighted by molar-refractivity contribution is 5.92. The van der Waals surface area contributed by atoms with Crippen LogP contribution in [-0.2, 0) is 13.1 Å². The SMILES string of the molecule is Cc1nc(NCc2ccco2)cc(C(=O)NCc2cccnc2)n1. The van der Waals surface area contributed by atoms with Crippen LogP contribution >= 0.6 is 0 Å². The predicted octanol–water partition coefficient (Wildman–Crippen LogP) is 2.32. The van der Waals surface area contributed by atoms with Gasteiger partial charge in [0.05, 0.1) is 12.8 Å². The Bertz CT molecular complexity index is 803. The Hall–Kier alpha value is -3.22. The first-order valence-electron chi connectivity index (χ1n) is 7.50. The van der Waals surface area contributed by atoms with E-state index in [1.54, 1.807) is 31.6 Å². The van der Waals surface area contributed by atoms with E-state index in [1.165, 1.54) is 0 Å². The number of aryl methyl sites for hydroxylation is 1. The van der Waals surface area contributed by atoms with Crippen LogP contribution in [0.5, 0.6) is 0 Å². The van der Waals surface area contributed by atoms with Crippen LogP contribution in [0.15, 0.2) is 53.4 Å². The Balaban J connectivity index is 1.65. The van der Waals surface area contributed by atoms with Gasteiger partial charge in [-0.3, -0.25) is 9.78 Å². The zero-order valence-electron chi connectivity index (χ0n) is 13.2. The molecule has 0 fully saturated rings. The summed E-state index contributed by atoms with van der Waals surface area (Å²) in [6.07, 6.45) is 5.01. The number of rotatable bonds is 6. The van der Waals surface area contributed by atoms with Gasteiger partial charge >= 0.3 is 0 Å². The molecule has 0 atom stereocenters. The third-order valence-corrected chi connectivity index (χ3v) is 3.27. The molecule has 0 saturated carbocycles. The smallest absolute Gasteiger partial charge is 0.270 e. The highest BCUT2D eigenvalue weighted by atomic mass is 16.3. The first-order valence-corrected chi connectivity index (χ1v) is 7.50. The number of hydrogen-bond acceptors (Lipinski definition) is 6. The summed E-state index contributed by atoms with van der Waals surface area (Å²) in [6, 6.07) is 9.03. The van der Waals surface area contributed by atoms with E-state index >= 15 is 0 Å². The number of carbonyl (C=O) groups is 1. The van der Waals surface area contributed by atoms with Gasteiger partial charge < -0.3 is 15.1 Å². The highest BCUT2D eigenvalue weighted by Crippen LogP contribution is 2.10. The number of nitrogens with one attached hydrogen (secondary N) is 2. The lowest BCUT2D eigenvalue weighted by atomic mass is 10.2. The molecule has 0 aliphatic carbocycles. The maximum absolute atomic E-state index is 12.3. The number of aromatic nitrogens is 3. The van der Waals surface area contributed by atoms with Gasteiger partial charge in [-0.1, -0.05) is 6.07 Å². The van der Waals surface area contributed by atoms with Crippen molar-refractivity contribution in [2.45, 2.75) is 20.0 Å². The number of anilines is 1. The van der Waals surface area contributed by atoms with E-state index in [0.29, 0.717) is 30.4 Å². The first kappa shape index (κ1) is 15.7. The number of pyridine rings is 1. The highest BCUT2D eigenvalue weighted by Gasteiger charge is 2.10. The van der Waals surface area contributed by atoms with Gasteiger partial charge in [-0.2, -0.15) is 0 Å². The molecule has 0 unspecified atom stereocenters. The van der Waals surface area contributed by atoms with E-state index in [0.717, 1.165) is 11.3 Å². The van der Waals surface area contributed by atoms with Crippen molar-refractivity contribution in [2.24, 2.45) is 0 Å². The summed E-state index contributed by atoms with van der Waals surface area (Å²) in [7, 11) is 0. The summed E-state index contributed by atoms with van der Waals surface area (Å²) in [6.45, 7) is 2.63. The molecule has 3 aromatic heterocycles. The third kappa shape index (κ3) is 4.16. The Morgan fingerprint density at radius 1 is 1.21 bits per heavy atom. The molecule has 122 valence electrons. The molecule has 24 heavy (non-hydrogen) atoms. The van der Waals surface area contributed by atoms with E-state index in [4.69, 9.17) is 4.42 Å². The van der Waals surface area contributed by atoms with Gasteiger partial charge in [0, 0.05) is 25.0 Å². The predicted molar refractivity (Wildman–Crippen MR) is 88.2 cm³/mol. The van der Waals surface area contributed by atoms with Crippen molar-refractivity contribution in [3.63, 3.8) is 0 Å². The van der Waals surface area contributed by atoms with E-state index in [1.807, 2.05) is 24.3 Å². The van der Waals surface area contributed by atoms with Crippen molar-refractivity contribution in [2.75, 3.05) is 5.32 Å². The van der Waals surface area contributed by atoms with Gasteiger partial charge in [0.2, 0.25) is 0 Å². The quantitative estimate of drug-likeness (QED) is 0.723. The van der Waals surface area contributed by atoms with Crippen molar-refractivity contribution >= 4 is 11.7 Å². The van der Waals surface area contributed by atoms with Crippen molar-refractivity contribution in [3.8, 4) is 0 Å². The molecular weight excluding hydrogens is 306 g/mol. The van der Waals surface area contributed by atoms with Crippen LogP contribution in [0.25, 0.3) is 0 Å². The van der Waals surface area contributed by atoms with Gasteiger partial charge in [0.15, 0.2) is 0 Å². The number of amides is 1. The summed E-state index contributed by atoms with van der Waals surface area (Å²) in [5, 5.41) is 5.95. The van der Waals surface area contributed by atoms with Crippen LogP contribution in [0.1, 0.15) is 27.6 Å². The lowest BCUT2D eigenvalue weighted by Crippen LogP contribution is -2.24. The zero-order valence-corrected chi connectivity index (χ0v) is 13.2. The lowest BCUT2D eigenvalue weighted by Gasteiger charge is -2.08. The summed E-state index contributed by atoms with van der Waals surface area (Å²) < 4.78 is 5.26. The minimum atomic E-state index is -0.259.